The highest BCUT2D eigenvalue weighted by molar-refractivity contribution is 6.33. The molecule has 0 radical (unpaired) electrons. The molecule has 3 rings (SSSR count). The van der Waals surface area contributed by atoms with Crippen molar-refractivity contribution in [2.24, 2.45) is 5.92 Å². The summed E-state index contributed by atoms with van der Waals surface area (Å²) in [7, 11) is 0. The number of nitrogens with zero attached hydrogens (tertiary/aromatic N) is 1. The molecule has 1 aliphatic heterocycles. The van der Waals surface area contributed by atoms with Crippen LogP contribution in [0.4, 0.5) is 24.5 Å². The summed E-state index contributed by atoms with van der Waals surface area (Å²) in [5, 5.41) is 2.93. The van der Waals surface area contributed by atoms with Gasteiger partial charge in [-0.3, -0.25) is 9.59 Å². The number of alkyl halides is 3. The maximum absolute atomic E-state index is 12.9. The van der Waals surface area contributed by atoms with Crippen molar-refractivity contribution in [3.8, 4) is 0 Å². The fourth-order valence-electron chi connectivity index (χ4n) is 2.81. The van der Waals surface area contributed by atoms with Crippen molar-refractivity contribution < 1.29 is 22.8 Å². The first-order valence-electron chi connectivity index (χ1n) is 7.81. The third-order valence-corrected chi connectivity index (χ3v) is 4.47. The Morgan fingerprint density at radius 3 is 2.58 bits per heavy atom. The number of carbonyl (C=O) groups excluding carboxylic acids is 2. The van der Waals surface area contributed by atoms with Crippen molar-refractivity contribution in [2.75, 3.05) is 16.8 Å². The zero-order chi connectivity index (χ0) is 18.9. The van der Waals surface area contributed by atoms with E-state index in [-0.39, 0.29) is 18.7 Å². The molecule has 0 saturated carbocycles. The van der Waals surface area contributed by atoms with Crippen molar-refractivity contribution in [1.82, 2.24) is 0 Å². The summed E-state index contributed by atoms with van der Waals surface area (Å²) >= 11 is 5.98. The molecule has 1 fully saturated rings. The van der Waals surface area contributed by atoms with Gasteiger partial charge in [-0.1, -0.05) is 29.8 Å². The van der Waals surface area contributed by atoms with E-state index in [9.17, 15) is 22.8 Å². The van der Waals surface area contributed by atoms with Crippen LogP contribution in [-0.4, -0.2) is 18.4 Å². The summed E-state index contributed by atoms with van der Waals surface area (Å²) in [5.41, 5.74) is -0.339. The first-order chi connectivity index (χ1) is 12.3. The third-order valence-electron chi connectivity index (χ3n) is 4.14. The molecule has 0 spiro atoms. The lowest BCUT2D eigenvalue weighted by atomic mass is 10.1. The van der Waals surface area contributed by atoms with Gasteiger partial charge >= 0.3 is 6.18 Å². The molecule has 2 aromatic carbocycles. The maximum Gasteiger partial charge on any atom is 0.416 e. The summed E-state index contributed by atoms with van der Waals surface area (Å²) < 4.78 is 38.6. The minimum Gasteiger partial charge on any atom is -0.324 e. The van der Waals surface area contributed by atoms with E-state index in [1.165, 1.54) is 17.0 Å². The molecule has 1 N–H and O–H groups in total. The molecular formula is C18H14ClF3N2O2. The van der Waals surface area contributed by atoms with Crippen LogP contribution in [0.15, 0.2) is 48.5 Å². The predicted octanol–water partition coefficient (Wildman–Crippen LogP) is 4.35. The molecule has 26 heavy (non-hydrogen) atoms. The van der Waals surface area contributed by atoms with Gasteiger partial charge < -0.3 is 10.2 Å². The minimum absolute atomic E-state index is 0.123. The molecule has 1 aliphatic rings. The summed E-state index contributed by atoms with van der Waals surface area (Å²) in [6.45, 7) is 0.167. The van der Waals surface area contributed by atoms with E-state index in [2.05, 4.69) is 5.32 Å². The van der Waals surface area contributed by atoms with E-state index >= 15 is 0 Å². The Kier molecular flexibility index (Phi) is 4.91. The predicted molar refractivity (Wildman–Crippen MR) is 92.0 cm³/mol. The summed E-state index contributed by atoms with van der Waals surface area (Å²) in [6.07, 6.45) is -4.29. The van der Waals surface area contributed by atoms with Crippen LogP contribution in [0.1, 0.15) is 12.0 Å². The SMILES string of the molecule is O=C(Nc1ccccc1Cl)[C@H]1CCN(c2cccc(C(F)(F)F)c2)C1=O. The highest BCUT2D eigenvalue weighted by Crippen LogP contribution is 2.34. The van der Waals surface area contributed by atoms with E-state index in [0.29, 0.717) is 10.7 Å². The highest BCUT2D eigenvalue weighted by Gasteiger charge is 2.39. The molecule has 4 nitrogen and oxygen atoms in total. The summed E-state index contributed by atoms with van der Waals surface area (Å²) in [4.78, 5) is 26.1. The molecule has 0 aromatic heterocycles. The van der Waals surface area contributed by atoms with Gasteiger partial charge in [0.15, 0.2) is 0 Å². The van der Waals surface area contributed by atoms with Crippen molar-refractivity contribution in [3.63, 3.8) is 0 Å². The second kappa shape index (κ2) is 6.99. The summed E-state index contributed by atoms with van der Waals surface area (Å²) in [5.74, 6) is -2.03. The topological polar surface area (TPSA) is 49.4 Å². The Hall–Kier alpha value is -2.54. The molecule has 8 heteroatoms. The lowest BCUT2D eigenvalue weighted by molar-refractivity contribution is -0.137. The number of hydrogen-bond acceptors (Lipinski definition) is 2. The van der Waals surface area contributed by atoms with Gasteiger partial charge in [-0.25, -0.2) is 0 Å². The van der Waals surface area contributed by atoms with Gasteiger partial charge in [0.25, 0.3) is 0 Å². The van der Waals surface area contributed by atoms with E-state index in [4.69, 9.17) is 11.6 Å². The second-order valence-electron chi connectivity index (χ2n) is 5.85. The molecule has 2 amide bonds. The van der Waals surface area contributed by atoms with Gasteiger partial charge in [0, 0.05) is 12.2 Å². The van der Waals surface area contributed by atoms with Gasteiger partial charge in [0.1, 0.15) is 5.92 Å². The number of rotatable bonds is 3. The first-order valence-corrected chi connectivity index (χ1v) is 8.19. The molecule has 0 aliphatic carbocycles. The van der Waals surface area contributed by atoms with Crippen molar-refractivity contribution in [1.29, 1.82) is 0 Å². The van der Waals surface area contributed by atoms with Crippen molar-refractivity contribution in [2.45, 2.75) is 12.6 Å². The standard InChI is InChI=1S/C18H14ClF3N2O2/c19-14-6-1-2-7-15(14)23-16(25)13-8-9-24(17(13)26)12-5-3-4-11(10-12)18(20,21)22/h1-7,10,13H,8-9H2,(H,23,25)/t13-/m1/s1. The lowest BCUT2D eigenvalue weighted by Crippen LogP contribution is -2.33. The fraction of sp³-hybridized carbons (Fsp3) is 0.222. The van der Waals surface area contributed by atoms with E-state index in [1.807, 2.05) is 0 Å². The molecule has 0 unspecified atom stereocenters. The van der Waals surface area contributed by atoms with Crippen LogP contribution in [-0.2, 0) is 15.8 Å². The lowest BCUT2D eigenvalue weighted by Gasteiger charge is -2.18. The number of carbonyl (C=O) groups is 2. The third kappa shape index (κ3) is 3.67. The zero-order valence-electron chi connectivity index (χ0n) is 13.4. The number of nitrogens with one attached hydrogen (secondary N) is 1. The highest BCUT2D eigenvalue weighted by atomic mass is 35.5. The van der Waals surface area contributed by atoms with Crippen molar-refractivity contribution >= 4 is 34.8 Å². The largest absolute Gasteiger partial charge is 0.416 e. The van der Waals surface area contributed by atoms with Crippen LogP contribution in [0, 0.1) is 5.92 Å². The Balaban J connectivity index is 1.76. The van der Waals surface area contributed by atoms with Crippen LogP contribution in [0.3, 0.4) is 0 Å². The molecule has 1 saturated heterocycles. The van der Waals surface area contributed by atoms with Gasteiger partial charge in [-0.05, 0) is 36.8 Å². The number of benzene rings is 2. The minimum atomic E-state index is -4.50. The van der Waals surface area contributed by atoms with Crippen molar-refractivity contribution in [3.05, 3.63) is 59.1 Å². The van der Waals surface area contributed by atoms with Gasteiger partial charge in [0.05, 0.1) is 16.3 Å². The van der Waals surface area contributed by atoms with Crippen LogP contribution in [0.2, 0.25) is 5.02 Å². The second-order valence-corrected chi connectivity index (χ2v) is 6.26. The van der Waals surface area contributed by atoms with E-state index in [1.54, 1.807) is 24.3 Å². The van der Waals surface area contributed by atoms with Gasteiger partial charge in [0.2, 0.25) is 11.8 Å². The van der Waals surface area contributed by atoms with E-state index in [0.717, 1.165) is 12.1 Å². The molecule has 1 heterocycles. The van der Waals surface area contributed by atoms with Crippen LogP contribution in [0.25, 0.3) is 0 Å². The van der Waals surface area contributed by atoms with Crippen LogP contribution in [0.5, 0.6) is 0 Å². The fourth-order valence-corrected chi connectivity index (χ4v) is 3.00. The molecular weight excluding hydrogens is 369 g/mol. The van der Waals surface area contributed by atoms with E-state index < -0.39 is 29.5 Å². The maximum atomic E-state index is 12.9. The van der Waals surface area contributed by atoms with Gasteiger partial charge in [-0.2, -0.15) is 13.2 Å². The Morgan fingerprint density at radius 2 is 1.88 bits per heavy atom. The molecule has 0 bridgehead atoms. The Labute approximate surface area is 152 Å². The quantitative estimate of drug-likeness (QED) is 0.802. The number of anilines is 2. The Morgan fingerprint density at radius 1 is 1.15 bits per heavy atom. The molecule has 136 valence electrons. The zero-order valence-corrected chi connectivity index (χ0v) is 14.1. The molecule has 2 aromatic rings. The summed E-state index contributed by atoms with van der Waals surface area (Å²) in [6, 6.07) is 11.1. The monoisotopic (exact) mass is 382 g/mol. The molecule has 1 atom stereocenters. The normalized spacial score (nSPS) is 17.5. The first kappa shape index (κ1) is 18.3. The smallest absolute Gasteiger partial charge is 0.324 e. The number of halogens is 4. The average molecular weight is 383 g/mol. The number of hydrogen-bond donors (Lipinski definition) is 1. The van der Waals surface area contributed by atoms with Crippen LogP contribution < -0.4 is 10.2 Å². The average Bonchev–Trinajstić information content (AvgIpc) is 2.98. The number of amides is 2. The van der Waals surface area contributed by atoms with Crippen LogP contribution >= 0.6 is 11.6 Å². The Bertz CT molecular complexity index is 854. The van der Waals surface area contributed by atoms with Gasteiger partial charge in [-0.15, -0.1) is 0 Å². The number of para-hydroxylation sites is 1.